The molecule has 1 heterocycles. The lowest BCUT2D eigenvalue weighted by Crippen LogP contribution is -2.21. The number of methoxy groups -OCH3 is 1. The van der Waals surface area contributed by atoms with Gasteiger partial charge < -0.3 is 15.4 Å². The third-order valence-electron chi connectivity index (χ3n) is 2.80. The summed E-state index contributed by atoms with van der Waals surface area (Å²) in [4.78, 5) is 10.6. The highest BCUT2D eigenvalue weighted by molar-refractivity contribution is 5.90. The maximum Gasteiger partial charge on any atom is 0.222 e. The van der Waals surface area contributed by atoms with Crippen LogP contribution in [0.15, 0.2) is 24.3 Å². The van der Waals surface area contributed by atoms with E-state index in [9.17, 15) is 0 Å². The van der Waals surface area contributed by atoms with Gasteiger partial charge in [0.1, 0.15) is 5.82 Å². The van der Waals surface area contributed by atoms with Gasteiger partial charge in [0.05, 0.1) is 5.52 Å². The van der Waals surface area contributed by atoms with Crippen molar-refractivity contribution in [2.45, 2.75) is 6.42 Å². The summed E-state index contributed by atoms with van der Waals surface area (Å²) in [6.45, 7) is 1.61. The zero-order valence-electron chi connectivity index (χ0n) is 10.8. The Morgan fingerprint density at radius 3 is 2.83 bits per heavy atom. The minimum atomic E-state index is 0.308. The lowest BCUT2D eigenvalue weighted by molar-refractivity contribution is 0.196. The summed E-state index contributed by atoms with van der Waals surface area (Å²) >= 11 is 0. The number of nitrogens with zero attached hydrogens (tertiary/aromatic N) is 3. The highest BCUT2D eigenvalue weighted by Crippen LogP contribution is 2.23. The number of para-hydroxylation sites is 1. The van der Waals surface area contributed by atoms with Gasteiger partial charge in [-0.2, -0.15) is 4.98 Å². The van der Waals surface area contributed by atoms with Gasteiger partial charge in [-0.05, 0) is 18.6 Å². The Morgan fingerprint density at radius 1 is 1.28 bits per heavy atom. The molecule has 5 heteroatoms. The van der Waals surface area contributed by atoms with Crippen LogP contribution in [0.3, 0.4) is 0 Å². The second kappa shape index (κ2) is 5.64. The average Bonchev–Trinajstić information content (AvgIpc) is 2.38. The van der Waals surface area contributed by atoms with Crippen molar-refractivity contribution in [2.24, 2.45) is 0 Å². The molecule has 96 valence electrons. The number of anilines is 2. The number of nitrogens with two attached hydrogens (primary N) is 1. The molecule has 0 radical (unpaired) electrons. The largest absolute Gasteiger partial charge is 0.385 e. The van der Waals surface area contributed by atoms with E-state index in [1.165, 1.54) is 0 Å². The Morgan fingerprint density at radius 2 is 2.06 bits per heavy atom. The van der Waals surface area contributed by atoms with Crippen molar-refractivity contribution in [1.29, 1.82) is 0 Å². The Balaban J connectivity index is 2.31. The first-order valence-corrected chi connectivity index (χ1v) is 5.94. The van der Waals surface area contributed by atoms with Crippen molar-refractivity contribution < 1.29 is 4.74 Å². The van der Waals surface area contributed by atoms with Crippen molar-refractivity contribution in [1.82, 2.24) is 9.97 Å². The zero-order valence-corrected chi connectivity index (χ0v) is 10.8. The van der Waals surface area contributed by atoms with Crippen LogP contribution in [0.1, 0.15) is 6.42 Å². The quantitative estimate of drug-likeness (QED) is 0.813. The monoisotopic (exact) mass is 246 g/mol. The molecule has 5 nitrogen and oxygen atoms in total. The van der Waals surface area contributed by atoms with E-state index in [0.29, 0.717) is 5.95 Å². The van der Waals surface area contributed by atoms with Crippen LogP contribution in [-0.2, 0) is 4.74 Å². The minimum absolute atomic E-state index is 0.308. The molecule has 0 fully saturated rings. The number of fused-ring (bicyclic) bond motifs is 1. The second-order valence-corrected chi connectivity index (χ2v) is 4.19. The molecule has 0 saturated heterocycles. The fraction of sp³-hybridized carbons (Fsp3) is 0.385. The Bertz CT molecular complexity index is 529. The molecule has 0 aliphatic heterocycles. The number of hydrogen-bond acceptors (Lipinski definition) is 5. The van der Waals surface area contributed by atoms with E-state index >= 15 is 0 Å². The lowest BCUT2D eigenvalue weighted by atomic mass is 10.2. The van der Waals surface area contributed by atoms with Crippen molar-refractivity contribution in [3.63, 3.8) is 0 Å². The minimum Gasteiger partial charge on any atom is -0.385 e. The smallest absolute Gasteiger partial charge is 0.222 e. The van der Waals surface area contributed by atoms with Crippen molar-refractivity contribution in [2.75, 3.05) is 37.9 Å². The summed E-state index contributed by atoms with van der Waals surface area (Å²) in [6.07, 6.45) is 0.950. The van der Waals surface area contributed by atoms with Crippen LogP contribution in [0.5, 0.6) is 0 Å². The number of aromatic nitrogens is 2. The van der Waals surface area contributed by atoms with Gasteiger partial charge in [-0.25, -0.2) is 4.98 Å². The van der Waals surface area contributed by atoms with Crippen LogP contribution in [0.25, 0.3) is 10.9 Å². The van der Waals surface area contributed by atoms with E-state index in [4.69, 9.17) is 10.5 Å². The van der Waals surface area contributed by atoms with Gasteiger partial charge in [0.2, 0.25) is 5.95 Å². The molecule has 0 aliphatic rings. The summed E-state index contributed by atoms with van der Waals surface area (Å²) in [5.41, 5.74) is 6.62. The second-order valence-electron chi connectivity index (χ2n) is 4.19. The van der Waals surface area contributed by atoms with Crippen molar-refractivity contribution in [3.05, 3.63) is 24.3 Å². The normalized spacial score (nSPS) is 10.8. The molecular formula is C13H18N4O. The van der Waals surface area contributed by atoms with Gasteiger partial charge in [0.25, 0.3) is 0 Å². The predicted molar refractivity (Wildman–Crippen MR) is 73.7 cm³/mol. The van der Waals surface area contributed by atoms with E-state index < -0.39 is 0 Å². The summed E-state index contributed by atoms with van der Waals surface area (Å²) < 4.78 is 5.06. The van der Waals surface area contributed by atoms with E-state index in [-0.39, 0.29) is 0 Å². The topological polar surface area (TPSA) is 64.3 Å². The Hall–Kier alpha value is -1.88. The van der Waals surface area contributed by atoms with Gasteiger partial charge in [0, 0.05) is 32.7 Å². The third kappa shape index (κ3) is 2.68. The Kier molecular flexibility index (Phi) is 3.94. The maximum absolute atomic E-state index is 5.74. The first-order chi connectivity index (χ1) is 8.72. The van der Waals surface area contributed by atoms with Crippen molar-refractivity contribution in [3.8, 4) is 0 Å². The van der Waals surface area contributed by atoms with Gasteiger partial charge in [-0.3, -0.25) is 0 Å². The molecule has 18 heavy (non-hydrogen) atoms. The van der Waals surface area contributed by atoms with Crippen LogP contribution >= 0.6 is 0 Å². The molecular weight excluding hydrogens is 228 g/mol. The van der Waals surface area contributed by atoms with Gasteiger partial charge >= 0.3 is 0 Å². The number of benzene rings is 1. The predicted octanol–water partition coefficient (Wildman–Crippen LogP) is 1.68. The summed E-state index contributed by atoms with van der Waals surface area (Å²) in [7, 11) is 3.71. The van der Waals surface area contributed by atoms with E-state index in [0.717, 1.165) is 36.3 Å². The first kappa shape index (κ1) is 12.6. The maximum atomic E-state index is 5.74. The van der Waals surface area contributed by atoms with E-state index in [1.807, 2.05) is 31.3 Å². The molecule has 0 spiro atoms. The van der Waals surface area contributed by atoms with E-state index in [2.05, 4.69) is 14.9 Å². The molecule has 0 aliphatic carbocycles. The van der Waals surface area contributed by atoms with Crippen LogP contribution in [-0.4, -0.2) is 37.3 Å². The fourth-order valence-corrected chi connectivity index (χ4v) is 1.92. The number of hydrogen-bond donors (Lipinski definition) is 1. The van der Waals surface area contributed by atoms with Gasteiger partial charge in [0.15, 0.2) is 0 Å². The standard InChI is InChI=1S/C13H18N4O/c1-17(8-5-9-18-2)12-10-6-3-4-7-11(10)15-13(14)16-12/h3-4,6-7H,5,8-9H2,1-2H3,(H2,14,15,16). The van der Waals surface area contributed by atoms with Crippen LogP contribution < -0.4 is 10.6 Å². The molecule has 0 saturated carbocycles. The molecule has 0 amide bonds. The first-order valence-electron chi connectivity index (χ1n) is 5.94. The zero-order chi connectivity index (χ0) is 13.0. The highest BCUT2D eigenvalue weighted by atomic mass is 16.5. The summed E-state index contributed by atoms with van der Waals surface area (Å²) in [5, 5.41) is 1.02. The van der Waals surface area contributed by atoms with Gasteiger partial charge in [-0.1, -0.05) is 12.1 Å². The third-order valence-corrected chi connectivity index (χ3v) is 2.80. The molecule has 0 atom stereocenters. The molecule has 1 aromatic heterocycles. The van der Waals surface area contributed by atoms with Crippen LogP contribution in [0, 0.1) is 0 Å². The molecule has 1 aromatic carbocycles. The summed E-state index contributed by atoms with van der Waals surface area (Å²) in [5.74, 6) is 1.18. The highest BCUT2D eigenvalue weighted by Gasteiger charge is 2.09. The van der Waals surface area contributed by atoms with E-state index in [1.54, 1.807) is 7.11 Å². The summed E-state index contributed by atoms with van der Waals surface area (Å²) in [6, 6.07) is 7.88. The van der Waals surface area contributed by atoms with Gasteiger partial charge in [-0.15, -0.1) is 0 Å². The van der Waals surface area contributed by atoms with Crippen LogP contribution in [0.2, 0.25) is 0 Å². The number of ether oxygens (including phenoxy) is 1. The lowest BCUT2D eigenvalue weighted by Gasteiger charge is -2.19. The fourth-order valence-electron chi connectivity index (χ4n) is 1.92. The van der Waals surface area contributed by atoms with Crippen LogP contribution in [0.4, 0.5) is 11.8 Å². The average molecular weight is 246 g/mol. The molecule has 2 rings (SSSR count). The molecule has 0 unspecified atom stereocenters. The number of nitrogen functional groups attached to an aromatic ring is 1. The molecule has 0 bridgehead atoms. The molecule has 2 aromatic rings. The Labute approximate surface area is 107 Å². The molecule has 2 N–H and O–H groups in total. The van der Waals surface area contributed by atoms with Crippen molar-refractivity contribution >= 4 is 22.7 Å². The SMILES string of the molecule is COCCCN(C)c1nc(N)nc2ccccc12. The number of rotatable bonds is 5.